The van der Waals surface area contributed by atoms with Crippen LogP contribution in [0.1, 0.15) is 17.5 Å². The van der Waals surface area contributed by atoms with Crippen LogP contribution >= 0.6 is 0 Å². The maximum Gasteiger partial charge on any atom is 0.238 e. The van der Waals surface area contributed by atoms with Gasteiger partial charge in [0.2, 0.25) is 5.91 Å². The molecule has 0 radical (unpaired) electrons. The molecule has 1 amide bonds. The van der Waals surface area contributed by atoms with Gasteiger partial charge >= 0.3 is 0 Å². The summed E-state index contributed by atoms with van der Waals surface area (Å²) in [6.07, 6.45) is 1.03. The van der Waals surface area contributed by atoms with E-state index in [0.29, 0.717) is 17.8 Å². The Bertz CT molecular complexity index is 591. The minimum absolute atomic E-state index is 0.106. The third-order valence-electron chi connectivity index (χ3n) is 3.34. The van der Waals surface area contributed by atoms with Gasteiger partial charge in [0, 0.05) is 18.8 Å². The van der Waals surface area contributed by atoms with Crippen LogP contribution in [0.3, 0.4) is 0 Å². The molecule has 21 heavy (non-hydrogen) atoms. The van der Waals surface area contributed by atoms with E-state index in [1.54, 1.807) is 12.1 Å². The zero-order valence-corrected chi connectivity index (χ0v) is 11.7. The van der Waals surface area contributed by atoms with E-state index >= 15 is 0 Å². The van der Waals surface area contributed by atoms with Crippen LogP contribution in [0.4, 0.5) is 5.69 Å². The lowest BCUT2D eigenvalue weighted by Crippen LogP contribution is -2.35. The van der Waals surface area contributed by atoms with Gasteiger partial charge < -0.3 is 10.6 Å². The van der Waals surface area contributed by atoms with Crippen LogP contribution in [0.5, 0.6) is 0 Å². The van der Waals surface area contributed by atoms with Crippen LogP contribution in [0.15, 0.2) is 18.2 Å². The average Bonchev–Trinajstić information content (AvgIpc) is 2.75. The highest BCUT2D eigenvalue weighted by Crippen LogP contribution is 2.14. The first-order valence-corrected chi connectivity index (χ1v) is 6.90. The molecule has 0 aromatic heterocycles. The highest BCUT2D eigenvalue weighted by molar-refractivity contribution is 5.92. The summed E-state index contributed by atoms with van der Waals surface area (Å²) in [6, 6.07) is 8.62. The van der Waals surface area contributed by atoms with Crippen LogP contribution in [0, 0.1) is 22.7 Å². The van der Waals surface area contributed by atoms with E-state index in [2.05, 4.69) is 15.5 Å². The van der Waals surface area contributed by atoms with Crippen LogP contribution in [0.2, 0.25) is 0 Å². The molecule has 2 rings (SSSR count). The van der Waals surface area contributed by atoms with Gasteiger partial charge in [-0.15, -0.1) is 0 Å². The SMILES string of the molecule is N#Cc1ccc(NC(=O)CN2CCCNCC2)cc1C#N. The molecule has 1 aliphatic heterocycles. The molecule has 2 N–H and O–H groups in total. The maximum atomic E-state index is 12.0. The molecular weight excluding hydrogens is 266 g/mol. The summed E-state index contributed by atoms with van der Waals surface area (Å²) in [4.78, 5) is 14.1. The Morgan fingerprint density at radius 3 is 2.81 bits per heavy atom. The second-order valence-electron chi connectivity index (χ2n) is 4.91. The Balaban J connectivity index is 1.96. The van der Waals surface area contributed by atoms with Crippen molar-refractivity contribution >= 4 is 11.6 Å². The number of nitriles is 2. The van der Waals surface area contributed by atoms with Crippen LogP contribution in [-0.2, 0) is 4.79 Å². The standard InChI is InChI=1S/C15H17N5O/c16-9-12-2-3-14(8-13(12)10-17)19-15(21)11-20-6-1-4-18-5-7-20/h2-3,8,18H,1,4-7,11H2,(H,19,21). The minimum Gasteiger partial charge on any atom is -0.325 e. The predicted molar refractivity (Wildman–Crippen MR) is 78.4 cm³/mol. The first-order valence-electron chi connectivity index (χ1n) is 6.90. The molecule has 0 bridgehead atoms. The third kappa shape index (κ3) is 4.28. The monoisotopic (exact) mass is 283 g/mol. The van der Waals surface area contributed by atoms with Gasteiger partial charge in [-0.2, -0.15) is 10.5 Å². The fourth-order valence-electron chi connectivity index (χ4n) is 2.28. The first kappa shape index (κ1) is 15.0. The first-order chi connectivity index (χ1) is 10.2. The van der Waals surface area contributed by atoms with Gasteiger partial charge in [-0.1, -0.05) is 0 Å². The number of carbonyl (C=O) groups excluding carboxylic acids is 1. The number of nitrogens with one attached hydrogen (secondary N) is 2. The maximum absolute atomic E-state index is 12.0. The molecule has 1 heterocycles. The Morgan fingerprint density at radius 1 is 1.24 bits per heavy atom. The number of hydrogen-bond acceptors (Lipinski definition) is 5. The summed E-state index contributed by atoms with van der Waals surface area (Å²) >= 11 is 0. The van der Waals surface area contributed by atoms with Crippen molar-refractivity contribution in [1.29, 1.82) is 10.5 Å². The molecule has 0 aliphatic carbocycles. The highest BCUT2D eigenvalue weighted by atomic mass is 16.2. The van der Waals surface area contributed by atoms with Crippen molar-refractivity contribution in [3.05, 3.63) is 29.3 Å². The predicted octanol–water partition coefficient (Wildman–Crippen LogP) is 0.664. The number of amides is 1. The van der Waals surface area contributed by atoms with Crippen molar-refractivity contribution in [3.8, 4) is 12.1 Å². The molecule has 108 valence electrons. The fourth-order valence-corrected chi connectivity index (χ4v) is 2.28. The molecule has 1 saturated heterocycles. The van der Waals surface area contributed by atoms with Gasteiger partial charge in [0.1, 0.15) is 12.1 Å². The summed E-state index contributed by atoms with van der Waals surface area (Å²) in [5.41, 5.74) is 1.13. The van der Waals surface area contributed by atoms with E-state index in [1.807, 2.05) is 12.1 Å². The zero-order valence-electron chi connectivity index (χ0n) is 11.7. The van der Waals surface area contributed by atoms with Crippen molar-refractivity contribution in [2.45, 2.75) is 6.42 Å². The van der Waals surface area contributed by atoms with E-state index in [1.165, 1.54) is 6.07 Å². The number of benzene rings is 1. The lowest BCUT2D eigenvalue weighted by atomic mass is 10.1. The van der Waals surface area contributed by atoms with Gasteiger partial charge in [0.05, 0.1) is 17.7 Å². The van der Waals surface area contributed by atoms with E-state index < -0.39 is 0 Å². The lowest BCUT2D eigenvalue weighted by Gasteiger charge is -2.18. The Kier molecular flexibility index (Phi) is 5.28. The molecule has 1 aromatic rings. The van der Waals surface area contributed by atoms with Crippen LogP contribution in [0.25, 0.3) is 0 Å². The van der Waals surface area contributed by atoms with Gasteiger partial charge in [-0.3, -0.25) is 9.69 Å². The largest absolute Gasteiger partial charge is 0.325 e. The van der Waals surface area contributed by atoms with E-state index in [-0.39, 0.29) is 11.5 Å². The van der Waals surface area contributed by atoms with Crippen molar-refractivity contribution < 1.29 is 4.79 Å². The van der Waals surface area contributed by atoms with Gasteiger partial charge in [-0.25, -0.2) is 0 Å². The van der Waals surface area contributed by atoms with E-state index in [0.717, 1.165) is 32.6 Å². The summed E-state index contributed by atoms with van der Waals surface area (Å²) in [5, 5.41) is 23.9. The molecule has 0 atom stereocenters. The average molecular weight is 283 g/mol. The van der Waals surface area contributed by atoms with Gasteiger partial charge in [-0.05, 0) is 37.7 Å². The molecule has 6 nitrogen and oxygen atoms in total. The molecule has 0 unspecified atom stereocenters. The number of rotatable bonds is 3. The van der Waals surface area contributed by atoms with Crippen LogP contribution in [-0.4, -0.2) is 43.5 Å². The molecule has 1 aliphatic rings. The summed E-state index contributed by atoms with van der Waals surface area (Å²) in [6.45, 7) is 3.97. The van der Waals surface area contributed by atoms with Crippen LogP contribution < -0.4 is 10.6 Å². The Labute approximate surface area is 124 Å². The van der Waals surface area contributed by atoms with Crippen molar-refractivity contribution in [3.63, 3.8) is 0 Å². The third-order valence-corrected chi connectivity index (χ3v) is 3.34. The smallest absolute Gasteiger partial charge is 0.238 e. The highest BCUT2D eigenvalue weighted by Gasteiger charge is 2.13. The minimum atomic E-state index is -0.106. The molecule has 0 saturated carbocycles. The van der Waals surface area contributed by atoms with Crippen molar-refractivity contribution in [2.75, 3.05) is 38.0 Å². The quantitative estimate of drug-likeness (QED) is 0.850. The topological polar surface area (TPSA) is 91.9 Å². The normalized spacial score (nSPS) is 15.5. The summed E-state index contributed by atoms with van der Waals surface area (Å²) < 4.78 is 0. The van der Waals surface area contributed by atoms with E-state index in [9.17, 15) is 4.79 Å². The molecule has 1 fully saturated rings. The second-order valence-corrected chi connectivity index (χ2v) is 4.91. The molecule has 0 spiro atoms. The molecular formula is C15H17N5O. The Morgan fingerprint density at radius 2 is 2.05 bits per heavy atom. The lowest BCUT2D eigenvalue weighted by molar-refractivity contribution is -0.117. The summed E-state index contributed by atoms with van der Waals surface area (Å²) in [5.74, 6) is -0.106. The Hall–Kier alpha value is -2.41. The summed E-state index contributed by atoms with van der Waals surface area (Å²) in [7, 11) is 0. The number of carbonyl (C=O) groups is 1. The zero-order chi connectivity index (χ0) is 15.1. The number of anilines is 1. The van der Waals surface area contributed by atoms with Gasteiger partial charge in [0.15, 0.2) is 0 Å². The molecule has 6 heteroatoms. The van der Waals surface area contributed by atoms with Crippen molar-refractivity contribution in [1.82, 2.24) is 10.2 Å². The number of hydrogen-bond donors (Lipinski definition) is 2. The second kappa shape index (κ2) is 7.39. The van der Waals surface area contributed by atoms with Crippen molar-refractivity contribution in [2.24, 2.45) is 0 Å². The molecule has 1 aromatic carbocycles. The number of nitrogens with zero attached hydrogens (tertiary/aromatic N) is 3. The van der Waals surface area contributed by atoms with E-state index in [4.69, 9.17) is 10.5 Å². The van der Waals surface area contributed by atoms with Gasteiger partial charge in [0.25, 0.3) is 0 Å². The fraction of sp³-hybridized carbons (Fsp3) is 0.400.